The van der Waals surface area contributed by atoms with Crippen LogP contribution < -0.4 is 10.6 Å². The summed E-state index contributed by atoms with van der Waals surface area (Å²) in [7, 11) is 1.83. The maximum absolute atomic E-state index is 11.9. The molecule has 0 radical (unpaired) electrons. The van der Waals surface area contributed by atoms with E-state index >= 15 is 0 Å². The number of nitrogens with zero attached hydrogens (tertiary/aromatic N) is 2. The van der Waals surface area contributed by atoms with Gasteiger partial charge in [0.1, 0.15) is 5.76 Å². The van der Waals surface area contributed by atoms with Crippen LogP contribution in [0.5, 0.6) is 0 Å². The molecule has 2 aromatic rings. The normalized spacial score (nSPS) is 21.0. The molecule has 0 saturated heterocycles. The quantitative estimate of drug-likeness (QED) is 0.779. The van der Waals surface area contributed by atoms with Crippen molar-refractivity contribution in [2.45, 2.75) is 38.3 Å². The van der Waals surface area contributed by atoms with Crippen molar-refractivity contribution in [2.75, 3.05) is 6.54 Å². The topological polar surface area (TPSA) is 92.3 Å². The summed E-state index contributed by atoms with van der Waals surface area (Å²) in [6, 6.07) is 3.59. The summed E-state index contributed by atoms with van der Waals surface area (Å²) in [6.07, 6.45) is 1.75. The van der Waals surface area contributed by atoms with Crippen LogP contribution in [0.4, 0.5) is 4.79 Å². The van der Waals surface area contributed by atoms with Crippen molar-refractivity contribution in [1.82, 2.24) is 20.4 Å². The lowest BCUT2D eigenvalue weighted by Crippen LogP contribution is -2.39. The van der Waals surface area contributed by atoms with Crippen molar-refractivity contribution < 1.29 is 14.3 Å². The first kappa shape index (κ1) is 15.6. The largest absolute Gasteiger partial charge is 0.469 e. The van der Waals surface area contributed by atoms with Gasteiger partial charge in [-0.3, -0.25) is 4.68 Å². The van der Waals surface area contributed by atoms with Crippen molar-refractivity contribution in [1.29, 1.82) is 0 Å². The molecule has 0 aromatic carbocycles. The second-order valence-corrected chi connectivity index (χ2v) is 6.04. The Morgan fingerprint density at radius 3 is 2.96 bits per heavy atom. The van der Waals surface area contributed by atoms with Crippen LogP contribution in [-0.4, -0.2) is 33.5 Å². The number of furan rings is 1. The van der Waals surface area contributed by atoms with E-state index in [2.05, 4.69) is 15.7 Å². The standard InChI is InChI=1S/C16H22N4O3/c1-9-15(10(2)20(3)19-9)13(21)8-17-16(22)18-12-7-11(12)14-5-4-6-23-14/h4-6,11-13,21H,7-8H2,1-3H3,(H2,17,18,22)/t11-,12-,13?/m1/s1. The molecular formula is C16H22N4O3. The van der Waals surface area contributed by atoms with Crippen molar-refractivity contribution in [3.8, 4) is 0 Å². The third kappa shape index (κ3) is 3.24. The summed E-state index contributed by atoms with van der Waals surface area (Å²) < 4.78 is 7.06. The molecule has 2 amide bonds. The van der Waals surface area contributed by atoms with Crippen molar-refractivity contribution in [3.05, 3.63) is 41.1 Å². The van der Waals surface area contributed by atoms with Gasteiger partial charge in [-0.15, -0.1) is 0 Å². The molecule has 1 fully saturated rings. The summed E-state index contributed by atoms with van der Waals surface area (Å²) in [5.74, 6) is 1.15. The molecule has 23 heavy (non-hydrogen) atoms. The van der Waals surface area contributed by atoms with Gasteiger partial charge in [-0.2, -0.15) is 5.10 Å². The number of amides is 2. The van der Waals surface area contributed by atoms with Crippen molar-refractivity contribution in [3.63, 3.8) is 0 Å². The number of hydrogen-bond donors (Lipinski definition) is 3. The van der Waals surface area contributed by atoms with E-state index in [4.69, 9.17) is 4.42 Å². The minimum absolute atomic E-state index is 0.0974. The van der Waals surface area contributed by atoms with E-state index in [1.807, 2.05) is 33.0 Å². The molecule has 1 saturated carbocycles. The molecule has 7 nitrogen and oxygen atoms in total. The van der Waals surface area contributed by atoms with Crippen molar-refractivity contribution in [2.24, 2.45) is 7.05 Å². The van der Waals surface area contributed by atoms with Crippen LogP contribution in [0.15, 0.2) is 22.8 Å². The molecule has 3 rings (SSSR count). The molecule has 0 aliphatic heterocycles. The Kier molecular flexibility index (Phi) is 4.12. The van der Waals surface area contributed by atoms with Crippen LogP contribution >= 0.6 is 0 Å². The second kappa shape index (κ2) is 6.08. The predicted octanol–water partition coefficient (Wildman–Crippen LogP) is 1.52. The Balaban J connectivity index is 1.48. The number of aliphatic hydroxyl groups excluding tert-OH is 1. The number of aliphatic hydroxyl groups is 1. The number of carbonyl (C=O) groups is 1. The average Bonchev–Trinajstić information content (AvgIpc) is 2.94. The minimum atomic E-state index is -0.769. The molecule has 3 atom stereocenters. The van der Waals surface area contributed by atoms with Crippen LogP contribution in [0.2, 0.25) is 0 Å². The number of hydrogen-bond acceptors (Lipinski definition) is 4. The van der Waals surface area contributed by atoms with E-state index < -0.39 is 6.10 Å². The zero-order valence-corrected chi connectivity index (χ0v) is 13.5. The Morgan fingerprint density at radius 2 is 2.35 bits per heavy atom. The number of urea groups is 1. The third-order valence-electron chi connectivity index (χ3n) is 4.37. The molecule has 1 aliphatic carbocycles. The molecule has 2 aromatic heterocycles. The van der Waals surface area contributed by atoms with E-state index in [-0.39, 0.29) is 24.5 Å². The van der Waals surface area contributed by atoms with Crippen LogP contribution in [0, 0.1) is 13.8 Å². The summed E-state index contributed by atoms with van der Waals surface area (Å²) in [5.41, 5.74) is 2.45. The number of aromatic nitrogens is 2. The SMILES string of the molecule is Cc1nn(C)c(C)c1C(O)CNC(=O)N[C@@H]1C[C@H]1c1ccco1. The highest BCUT2D eigenvalue weighted by Gasteiger charge is 2.41. The molecule has 2 heterocycles. The molecule has 124 valence electrons. The maximum atomic E-state index is 11.9. The Morgan fingerprint density at radius 1 is 1.57 bits per heavy atom. The molecule has 1 aliphatic rings. The average molecular weight is 318 g/mol. The summed E-state index contributed by atoms with van der Waals surface area (Å²) in [4.78, 5) is 11.9. The van der Waals surface area contributed by atoms with E-state index in [0.717, 1.165) is 29.1 Å². The third-order valence-corrected chi connectivity index (χ3v) is 4.37. The van der Waals surface area contributed by atoms with Gasteiger partial charge in [-0.25, -0.2) is 4.79 Å². The summed E-state index contributed by atoms with van der Waals surface area (Å²) in [5, 5.41) is 20.2. The monoisotopic (exact) mass is 318 g/mol. The van der Waals surface area contributed by atoms with E-state index in [9.17, 15) is 9.90 Å². The summed E-state index contributed by atoms with van der Waals surface area (Å²) >= 11 is 0. The highest BCUT2D eigenvalue weighted by molar-refractivity contribution is 5.74. The number of rotatable bonds is 5. The maximum Gasteiger partial charge on any atom is 0.315 e. The predicted molar refractivity (Wildman–Crippen MR) is 84.0 cm³/mol. The highest BCUT2D eigenvalue weighted by atomic mass is 16.3. The number of carbonyl (C=O) groups excluding carboxylic acids is 1. The van der Waals surface area contributed by atoms with Crippen molar-refractivity contribution >= 4 is 6.03 Å². The van der Waals surface area contributed by atoms with Gasteiger partial charge in [0.15, 0.2) is 0 Å². The Bertz CT molecular complexity index is 692. The van der Waals surface area contributed by atoms with E-state index in [1.54, 1.807) is 10.9 Å². The van der Waals surface area contributed by atoms with E-state index in [0.29, 0.717) is 0 Å². The fourth-order valence-corrected chi connectivity index (χ4v) is 2.95. The molecule has 0 bridgehead atoms. The lowest BCUT2D eigenvalue weighted by Gasteiger charge is -2.13. The fraction of sp³-hybridized carbons (Fsp3) is 0.500. The Hall–Kier alpha value is -2.28. The van der Waals surface area contributed by atoms with Gasteiger partial charge in [-0.1, -0.05) is 0 Å². The fourth-order valence-electron chi connectivity index (χ4n) is 2.95. The van der Waals surface area contributed by atoms with Crippen LogP contribution in [0.1, 0.15) is 41.2 Å². The molecule has 3 N–H and O–H groups in total. The molecule has 0 spiro atoms. The van der Waals surface area contributed by atoms with Gasteiger partial charge >= 0.3 is 6.03 Å². The van der Waals surface area contributed by atoms with E-state index in [1.165, 1.54) is 0 Å². The number of aryl methyl sites for hydroxylation is 2. The molecule has 1 unspecified atom stereocenters. The first-order chi connectivity index (χ1) is 11.0. The molecular weight excluding hydrogens is 296 g/mol. The first-order valence-corrected chi connectivity index (χ1v) is 7.73. The molecule has 7 heteroatoms. The smallest absolute Gasteiger partial charge is 0.315 e. The summed E-state index contributed by atoms with van der Waals surface area (Å²) in [6.45, 7) is 3.90. The number of nitrogens with one attached hydrogen (secondary N) is 2. The van der Waals surface area contributed by atoms with Crippen LogP contribution in [0.25, 0.3) is 0 Å². The van der Waals surface area contributed by atoms with Gasteiger partial charge in [0.2, 0.25) is 0 Å². The van der Waals surface area contributed by atoms with Gasteiger partial charge in [0.05, 0.1) is 18.1 Å². The van der Waals surface area contributed by atoms with Gasteiger partial charge in [0, 0.05) is 36.8 Å². The minimum Gasteiger partial charge on any atom is -0.469 e. The highest BCUT2D eigenvalue weighted by Crippen LogP contribution is 2.40. The van der Waals surface area contributed by atoms with Gasteiger partial charge in [-0.05, 0) is 32.4 Å². The van der Waals surface area contributed by atoms with Gasteiger partial charge in [0.25, 0.3) is 0 Å². The zero-order chi connectivity index (χ0) is 16.6. The lowest BCUT2D eigenvalue weighted by molar-refractivity contribution is 0.171. The van der Waals surface area contributed by atoms with Crippen LogP contribution in [-0.2, 0) is 7.05 Å². The second-order valence-electron chi connectivity index (χ2n) is 6.04. The zero-order valence-electron chi connectivity index (χ0n) is 13.5. The van der Waals surface area contributed by atoms with Crippen LogP contribution in [0.3, 0.4) is 0 Å². The lowest BCUT2D eigenvalue weighted by atomic mass is 10.1. The first-order valence-electron chi connectivity index (χ1n) is 7.73. The van der Waals surface area contributed by atoms with Gasteiger partial charge < -0.3 is 20.2 Å². The Labute approximate surface area is 134 Å².